The predicted octanol–water partition coefficient (Wildman–Crippen LogP) is 4.12. The summed E-state index contributed by atoms with van der Waals surface area (Å²) in [7, 11) is 0. The molecule has 1 amide bonds. The number of hydrogen-bond acceptors (Lipinski definition) is 3. The van der Waals surface area contributed by atoms with Crippen LogP contribution in [0.5, 0.6) is 5.75 Å². The van der Waals surface area contributed by atoms with Crippen molar-refractivity contribution in [3.05, 3.63) is 27.7 Å². The van der Waals surface area contributed by atoms with Crippen molar-refractivity contribution in [2.45, 2.75) is 32.9 Å². The summed E-state index contributed by atoms with van der Waals surface area (Å²) < 4.78 is 11.0. The zero-order valence-corrected chi connectivity index (χ0v) is 13.2. The fraction of sp³-hybridized carbons (Fsp3) is 0.500. The fourth-order valence-electron chi connectivity index (χ4n) is 1.88. The second-order valence-electron chi connectivity index (χ2n) is 5.59. The van der Waals surface area contributed by atoms with Crippen molar-refractivity contribution >= 4 is 29.3 Å². The number of rotatable bonds is 0. The normalized spacial score (nSPS) is 15.2. The van der Waals surface area contributed by atoms with Crippen LogP contribution in [0, 0.1) is 0 Å². The van der Waals surface area contributed by atoms with E-state index in [1.807, 2.05) is 20.8 Å². The fourth-order valence-corrected chi connectivity index (χ4v) is 2.27. The van der Waals surface area contributed by atoms with Gasteiger partial charge in [0.1, 0.15) is 18.0 Å². The van der Waals surface area contributed by atoms with Gasteiger partial charge in [-0.15, -0.1) is 0 Å². The molecule has 4 nitrogen and oxygen atoms in total. The van der Waals surface area contributed by atoms with Gasteiger partial charge in [0, 0.05) is 5.56 Å². The molecule has 0 N–H and O–H groups in total. The summed E-state index contributed by atoms with van der Waals surface area (Å²) >= 11 is 12.2. The third-order valence-electron chi connectivity index (χ3n) is 2.77. The second-order valence-corrected chi connectivity index (χ2v) is 6.37. The number of carbonyl (C=O) groups is 1. The Morgan fingerprint density at radius 2 is 2.05 bits per heavy atom. The van der Waals surface area contributed by atoms with Gasteiger partial charge in [0.25, 0.3) is 0 Å². The molecule has 1 heterocycles. The van der Waals surface area contributed by atoms with Crippen molar-refractivity contribution in [2.24, 2.45) is 0 Å². The molecule has 20 heavy (non-hydrogen) atoms. The molecule has 0 unspecified atom stereocenters. The van der Waals surface area contributed by atoms with E-state index in [1.165, 1.54) is 0 Å². The molecular weight excluding hydrogens is 301 g/mol. The molecule has 0 saturated heterocycles. The highest BCUT2D eigenvalue weighted by atomic mass is 35.5. The summed E-state index contributed by atoms with van der Waals surface area (Å²) in [5.74, 6) is 0.658. The minimum Gasteiger partial charge on any atom is -0.491 e. The van der Waals surface area contributed by atoms with Crippen LogP contribution < -0.4 is 4.74 Å². The van der Waals surface area contributed by atoms with Crippen LogP contribution in [0.2, 0.25) is 10.0 Å². The van der Waals surface area contributed by atoms with Gasteiger partial charge >= 0.3 is 6.09 Å². The van der Waals surface area contributed by atoms with Crippen LogP contribution >= 0.6 is 23.2 Å². The largest absolute Gasteiger partial charge is 0.491 e. The van der Waals surface area contributed by atoms with E-state index in [-0.39, 0.29) is 6.09 Å². The SMILES string of the molecule is CC(C)(C)OC(=O)N1CCOc2ccc(Cl)c(Cl)c2C1. The Bertz CT molecular complexity index is 526. The number of halogens is 2. The Labute approximate surface area is 128 Å². The first-order chi connectivity index (χ1) is 9.28. The smallest absolute Gasteiger partial charge is 0.410 e. The number of amides is 1. The van der Waals surface area contributed by atoms with Crippen molar-refractivity contribution in [2.75, 3.05) is 13.2 Å². The Morgan fingerprint density at radius 3 is 2.70 bits per heavy atom. The highest BCUT2D eigenvalue weighted by Gasteiger charge is 2.26. The first kappa shape index (κ1) is 15.3. The number of carbonyl (C=O) groups excluding carboxylic acids is 1. The van der Waals surface area contributed by atoms with E-state index in [2.05, 4.69) is 0 Å². The van der Waals surface area contributed by atoms with Gasteiger partial charge in [-0.25, -0.2) is 4.79 Å². The lowest BCUT2D eigenvalue weighted by Gasteiger charge is -2.26. The predicted molar refractivity (Wildman–Crippen MR) is 78.6 cm³/mol. The maximum absolute atomic E-state index is 12.1. The summed E-state index contributed by atoms with van der Waals surface area (Å²) in [5, 5.41) is 0.861. The number of nitrogens with zero attached hydrogens (tertiary/aromatic N) is 1. The highest BCUT2D eigenvalue weighted by molar-refractivity contribution is 6.42. The third-order valence-corrected chi connectivity index (χ3v) is 3.62. The van der Waals surface area contributed by atoms with Gasteiger partial charge in [0.05, 0.1) is 23.1 Å². The van der Waals surface area contributed by atoms with Crippen molar-refractivity contribution in [3.63, 3.8) is 0 Å². The van der Waals surface area contributed by atoms with Crippen LogP contribution in [0.1, 0.15) is 26.3 Å². The van der Waals surface area contributed by atoms with Gasteiger partial charge in [0.2, 0.25) is 0 Å². The maximum Gasteiger partial charge on any atom is 0.410 e. The van der Waals surface area contributed by atoms with Gasteiger partial charge in [-0.2, -0.15) is 0 Å². The number of ether oxygens (including phenoxy) is 2. The highest BCUT2D eigenvalue weighted by Crippen LogP contribution is 2.35. The molecule has 0 bridgehead atoms. The molecule has 6 heteroatoms. The summed E-state index contributed by atoms with van der Waals surface area (Å²) in [4.78, 5) is 13.7. The topological polar surface area (TPSA) is 38.8 Å². The first-order valence-electron chi connectivity index (χ1n) is 6.35. The second kappa shape index (κ2) is 5.70. The zero-order chi connectivity index (χ0) is 14.9. The average molecular weight is 318 g/mol. The van der Waals surface area contributed by atoms with E-state index in [0.29, 0.717) is 41.1 Å². The van der Waals surface area contributed by atoms with Crippen LogP contribution in [0.4, 0.5) is 4.79 Å². The molecule has 2 rings (SSSR count). The van der Waals surface area contributed by atoms with Crippen LogP contribution in [0.15, 0.2) is 12.1 Å². The lowest BCUT2D eigenvalue weighted by atomic mass is 10.2. The zero-order valence-electron chi connectivity index (χ0n) is 11.7. The van der Waals surface area contributed by atoms with Crippen LogP contribution in [0.3, 0.4) is 0 Å². The molecule has 0 spiro atoms. The van der Waals surface area contributed by atoms with Gasteiger partial charge in [0.15, 0.2) is 0 Å². The molecule has 0 radical (unpaired) electrons. The van der Waals surface area contributed by atoms with E-state index in [9.17, 15) is 4.79 Å². The van der Waals surface area contributed by atoms with Gasteiger partial charge in [-0.05, 0) is 32.9 Å². The molecule has 1 aromatic carbocycles. The number of fused-ring (bicyclic) bond motifs is 1. The molecule has 0 aromatic heterocycles. The van der Waals surface area contributed by atoms with Crippen molar-refractivity contribution in [1.82, 2.24) is 4.90 Å². The Kier molecular flexibility index (Phi) is 4.35. The molecule has 1 aliphatic heterocycles. The van der Waals surface area contributed by atoms with Gasteiger partial charge < -0.3 is 14.4 Å². The summed E-state index contributed by atoms with van der Waals surface area (Å²) in [6.45, 7) is 6.65. The molecule has 1 aromatic rings. The molecule has 0 aliphatic carbocycles. The molecule has 0 atom stereocenters. The molecule has 0 fully saturated rings. The van der Waals surface area contributed by atoms with E-state index < -0.39 is 5.60 Å². The minimum atomic E-state index is -0.537. The van der Waals surface area contributed by atoms with Crippen LogP contribution in [-0.2, 0) is 11.3 Å². The summed E-state index contributed by atoms with van der Waals surface area (Å²) in [6, 6.07) is 3.45. The van der Waals surface area contributed by atoms with Crippen molar-refractivity contribution in [1.29, 1.82) is 0 Å². The molecule has 1 aliphatic rings. The first-order valence-corrected chi connectivity index (χ1v) is 7.11. The molecule has 0 saturated carbocycles. The van der Waals surface area contributed by atoms with E-state index in [4.69, 9.17) is 32.7 Å². The standard InChI is InChI=1S/C14H17Cl2NO3/c1-14(2,3)20-13(18)17-6-7-19-11-5-4-10(15)12(16)9(11)8-17/h4-5H,6-8H2,1-3H3. The van der Waals surface area contributed by atoms with E-state index >= 15 is 0 Å². The quantitative estimate of drug-likeness (QED) is 0.722. The van der Waals surface area contributed by atoms with Gasteiger partial charge in [-0.3, -0.25) is 0 Å². The summed E-state index contributed by atoms with van der Waals surface area (Å²) in [5.41, 5.74) is 0.174. The monoisotopic (exact) mass is 317 g/mol. The minimum absolute atomic E-state index is 0.323. The lowest BCUT2D eigenvalue weighted by molar-refractivity contribution is 0.0225. The molecule has 110 valence electrons. The maximum atomic E-state index is 12.1. The van der Waals surface area contributed by atoms with E-state index in [1.54, 1.807) is 17.0 Å². The molecular formula is C14H17Cl2NO3. The van der Waals surface area contributed by atoms with Crippen LogP contribution in [-0.4, -0.2) is 29.7 Å². The number of hydrogen-bond donors (Lipinski definition) is 0. The lowest BCUT2D eigenvalue weighted by Crippen LogP contribution is -2.37. The van der Waals surface area contributed by atoms with Crippen LogP contribution in [0.25, 0.3) is 0 Å². The summed E-state index contributed by atoms with van der Waals surface area (Å²) in [6.07, 6.45) is -0.384. The Balaban J connectivity index is 2.23. The third kappa shape index (κ3) is 3.49. The average Bonchev–Trinajstić information content (AvgIpc) is 2.54. The van der Waals surface area contributed by atoms with E-state index in [0.717, 1.165) is 0 Å². The van der Waals surface area contributed by atoms with Crippen molar-refractivity contribution < 1.29 is 14.3 Å². The van der Waals surface area contributed by atoms with Crippen molar-refractivity contribution in [3.8, 4) is 5.75 Å². The number of benzene rings is 1. The Hall–Kier alpha value is -1.13. The Morgan fingerprint density at radius 1 is 1.35 bits per heavy atom. The van der Waals surface area contributed by atoms with Gasteiger partial charge in [-0.1, -0.05) is 23.2 Å².